The van der Waals surface area contributed by atoms with Crippen molar-refractivity contribution in [1.29, 1.82) is 0 Å². The maximum atomic E-state index is 12.6. The first-order valence-electron chi connectivity index (χ1n) is 7.48. The van der Waals surface area contributed by atoms with Crippen molar-refractivity contribution in [3.05, 3.63) is 35.2 Å². The Kier molecular flexibility index (Phi) is 3.76. The molecule has 4 heteroatoms. The van der Waals surface area contributed by atoms with Crippen LogP contribution >= 0.6 is 11.3 Å². The largest absolute Gasteiger partial charge is 0.335 e. The highest BCUT2D eigenvalue weighted by atomic mass is 32.1. The second kappa shape index (κ2) is 5.43. The molecule has 1 saturated heterocycles. The van der Waals surface area contributed by atoms with Crippen LogP contribution in [0.25, 0.3) is 10.1 Å². The smallest absolute Gasteiger partial charge is 0.264 e. The summed E-state index contributed by atoms with van der Waals surface area (Å²) in [6.07, 6.45) is 0. The fraction of sp³-hybridized carbons (Fsp3) is 0.471. The molecule has 1 aliphatic rings. The highest BCUT2D eigenvalue weighted by molar-refractivity contribution is 7.20. The van der Waals surface area contributed by atoms with Gasteiger partial charge in [0.2, 0.25) is 0 Å². The van der Waals surface area contributed by atoms with Gasteiger partial charge in [0, 0.05) is 36.4 Å². The average Bonchev–Trinajstić information content (AvgIpc) is 2.89. The molecule has 3 nitrogen and oxygen atoms in total. The minimum Gasteiger partial charge on any atom is -0.335 e. The maximum Gasteiger partial charge on any atom is 0.264 e. The van der Waals surface area contributed by atoms with E-state index in [0.29, 0.717) is 0 Å². The number of hydrogen-bond acceptors (Lipinski definition) is 3. The molecule has 1 amide bonds. The van der Waals surface area contributed by atoms with E-state index in [0.717, 1.165) is 31.1 Å². The number of nitrogens with zero attached hydrogens (tertiary/aromatic N) is 2. The summed E-state index contributed by atoms with van der Waals surface area (Å²) < 4.78 is 1.19. The van der Waals surface area contributed by atoms with E-state index < -0.39 is 0 Å². The van der Waals surface area contributed by atoms with Crippen LogP contribution in [0.15, 0.2) is 30.3 Å². The highest BCUT2D eigenvalue weighted by Gasteiger charge is 2.28. The molecule has 0 unspecified atom stereocenters. The van der Waals surface area contributed by atoms with Crippen LogP contribution in [0.1, 0.15) is 30.4 Å². The Morgan fingerprint density at radius 1 is 1.10 bits per heavy atom. The monoisotopic (exact) mass is 302 g/mol. The summed E-state index contributed by atoms with van der Waals surface area (Å²) in [7, 11) is 0. The van der Waals surface area contributed by atoms with Crippen LogP contribution in [-0.4, -0.2) is 47.4 Å². The van der Waals surface area contributed by atoms with Crippen molar-refractivity contribution in [1.82, 2.24) is 9.80 Å². The highest BCUT2D eigenvalue weighted by Crippen LogP contribution is 2.27. The van der Waals surface area contributed by atoms with Gasteiger partial charge in [-0.2, -0.15) is 0 Å². The molecule has 112 valence electrons. The molecule has 0 atom stereocenters. The van der Waals surface area contributed by atoms with Gasteiger partial charge in [0.05, 0.1) is 4.88 Å². The molecule has 0 bridgehead atoms. The van der Waals surface area contributed by atoms with Gasteiger partial charge in [-0.15, -0.1) is 11.3 Å². The number of piperazine rings is 1. The van der Waals surface area contributed by atoms with Crippen molar-refractivity contribution in [2.45, 2.75) is 26.3 Å². The van der Waals surface area contributed by atoms with Gasteiger partial charge in [0.1, 0.15) is 0 Å². The lowest BCUT2D eigenvalue weighted by molar-refractivity contribution is 0.0455. The number of carbonyl (C=O) groups excluding carboxylic acids is 1. The van der Waals surface area contributed by atoms with Crippen molar-refractivity contribution in [3.63, 3.8) is 0 Å². The Morgan fingerprint density at radius 3 is 2.38 bits per heavy atom. The molecule has 3 rings (SSSR count). The molecule has 2 aromatic rings. The Morgan fingerprint density at radius 2 is 1.76 bits per heavy atom. The predicted molar refractivity (Wildman–Crippen MR) is 89.1 cm³/mol. The van der Waals surface area contributed by atoms with E-state index in [4.69, 9.17) is 0 Å². The third-order valence-corrected chi connectivity index (χ3v) is 5.26. The van der Waals surface area contributed by atoms with Gasteiger partial charge in [0.25, 0.3) is 5.91 Å². The molecule has 2 heterocycles. The van der Waals surface area contributed by atoms with Crippen molar-refractivity contribution < 1.29 is 4.79 Å². The van der Waals surface area contributed by atoms with E-state index in [1.54, 1.807) is 11.3 Å². The minimum atomic E-state index is 0.185. The molecule has 0 N–H and O–H groups in total. The normalized spacial score (nSPS) is 17.4. The first-order valence-corrected chi connectivity index (χ1v) is 8.30. The number of thiophene rings is 1. The molecule has 1 aliphatic heterocycles. The van der Waals surface area contributed by atoms with Crippen LogP contribution in [0.2, 0.25) is 0 Å². The van der Waals surface area contributed by atoms with Crippen molar-refractivity contribution in [2.24, 2.45) is 0 Å². The molecular formula is C17H22N2OS. The first-order chi connectivity index (χ1) is 9.95. The van der Waals surface area contributed by atoms with Crippen molar-refractivity contribution in [3.8, 4) is 0 Å². The lowest BCUT2D eigenvalue weighted by Crippen LogP contribution is -2.54. The van der Waals surface area contributed by atoms with Crippen LogP contribution < -0.4 is 0 Å². The number of carbonyl (C=O) groups is 1. The zero-order valence-corrected chi connectivity index (χ0v) is 13.7. The van der Waals surface area contributed by atoms with Gasteiger partial charge in [-0.1, -0.05) is 18.2 Å². The van der Waals surface area contributed by atoms with Gasteiger partial charge >= 0.3 is 0 Å². The second-order valence-corrected chi connectivity index (χ2v) is 7.68. The van der Waals surface area contributed by atoms with E-state index in [9.17, 15) is 4.79 Å². The van der Waals surface area contributed by atoms with Gasteiger partial charge in [-0.25, -0.2) is 0 Å². The Bertz CT molecular complexity index is 615. The summed E-state index contributed by atoms with van der Waals surface area (Å²) in [5.41, 5.74) is 0.187. The number of rotatable bonds is 1. The van der Waals surface area contributed by atoms with Crippen LogP contribution in [-0.2, 0) is 0 Å². The molecule has 0 saturated carbocycles. The number of benzene rings is 1. The molecule has 1 aromatic heterocycles. The molecule has 0 aliphatic carbocycles. The summed E-state index contributed by atoms with van der Waals surface area (Å²) in [6.45, 7) is 10.3. The molecule has 0 radical (unpaired) electrons. The average molecular weight is 302 g/mol. The number of amides is 1. The fourth-order valence-electron chi connectivity index (χ4n) is 2.82. The van der Waals surface area contributed by atoms with E-state index in [-0.39, 0.29) is 11.4 Å². The summed E-state index contributed by atoms with van der Waals surface area (Å²) in [6, 6.07) is 10.2. The predicted octanol–water partition coefficient (Wildman–Crippen LogP) is 3.46. The summed E-state index contributed by atoms with van der Waals surface area (Å²) in [5.74, 6) is 0.185. The minimum absolute atomic E-state index is 0.185. The third kappa shape index (κ3) is 2.97. The summed E-state index contributed by atoms with van der Waals surface area (Å²) in [5, 5.41) is 1.17. The number of hydrogen-bond donors (Lipinski definition) is 0. The van der Waals surface area contributed by atoms with Gasteiger partial charge < -0.3 is 4.90 Å². The lowest BCUT2D eigenvalue weighted by Gasteiger charge is -2.42. The standard InChI is InChI=1S/C17H22N2OS/c1-17(2,3)19-10-8-18(9-11-19)16(20)15-12-13-6-4-5-7-14(13)21-15/h4-7,12H,8-11H2,1-3H3. The zero-order valence-electron chi connectivity index (χ0n) is 12.9. The molecule has 1 aromatic carbocycles. The van der Waals surface area contributed by atoms with Gasteiger partial charge in [0.15, 0.2) is 0 Å². The Hall–Kier alpha value is -1.39. The van der Waals surface area contributed by atoms with Crippen LogP contribution in [0.4, 0.5) is 0 Å². The Balaban J connectivity index is 1.72. The topological polar surface area (TPSA) is 23.6 Å². The molecular weight excluding hydrogens is 280 g/mol. The zero-order chi connectivity index (χ0) is 15.0. The second-order valence-electron chi connectivity index (χ2n) is 6.60. The number of fused-ring (bicyclic) bond motifs is 1. The third-order valence-electron chi connectivity index (χ3n) is 4.15. The lowest BCUT2D eigenvalue weighted by atomic mass is 10.0. The van der Waals surface area contributed by atoms with E-state index in [1.165, 1.54) is 10.1 Å². The Labute approximate surface area is 130 Å². The van der Waals surface area contributed by atoms with Gasteiger partial charge in [-0.3, -0.25) is 9.69 Å². The van der Waals surface area contributed by atoms with E-state index >= 15 is 0 Å². The van der Waals surface area contributed by atoms with Crippen LogP contribution in [0.3, 0.4) is 0 Å². The van der Waals surface area contributed by atoms with E-state index in [1.807, 2.05) is 23.1 Å². The van der Waals surface area contributed by atoms with Crippen LogP contribution in [0, 0.1) is 0 Å². The summed E-state index contributed by atoms with van der Waals surface area (Å²) >= 11 is 1.60. The molecule has 1 fully saturated rings. The maximum absolute atomic E-state index is 12.6. The SMILES string of the molecule is CC(C)(C)N1CCN(C(=O)c2cc3ccccc3s2)CC1. The first kappa shape index (κ1) is 14.5. The van der Waals surface area contributed by atoms with Crippen molar-refractivity contribution >= 4 is 27.3 Å². The van der Waals surface area contributed by atoms with E-state index in [2.05, 4.69) is 37.8 Å². The molecule has 0 spiro atoms. The summed E-state index contributed by atoms with van der Waals surface area (Å²) in [4.78, 5) is 17.9. The molecule has 21 heavy (non-hydrogen) atoms. The van der Waals surface area contributed by atoms with Crippen LogP contribution in [0.5, 0.6) is 0 Å². The quantitative estimate of drug-likeness (QED) is 0.805. The fourth-order valence-corrected chi connectivity index (χ4v) is 3.85. The van der Waals surface area contributed by atoms with Crippen molar-refractivity contribution in [2.75, 3.05) is 26.2 Å². The van der Waals surface area contributed by atoms with Gasteiger partial charge in [-0.05, 0) is 38.3 Å².